The van der Waals surface area contributed by atoms with Crippen LogP contribution in [0.1, 0.15) is 56.1 Å². The van der Waals surface area contributed by atoms with Gasteiger partial charge in [-0.2, -0.15) is 0 Å². The minimum absolute atomic E-state index is 0.138. The minimum Gasteiger partial charge on any atom is -0.348 e. The van der Waals surface area contributed by atoms with E-state index in [1.54, 1.807) is 28.3 Å². The number of fused-ring (bicyclic) bond motifs is 2. The summed E-state index contributed by atoms with van der Waals surface area (Å²) in [5.41, 5.74) is 2.64. The van der Waals surface area contributed by atoms with Crippen molar-refractivity contribution in [1.29, 1.82) is 0 Å². The maximum Gasteiger partial charge on any atom is 0.268 e. The zero-order valence-corrected chi connectivity index (χ0v) is 17.2. The molecule has 0 radical (unpaired) electrons. The first-order valence-corrected chi connectivity index (χ1v) is 9.94. The summed E-state index contributed by atoms with van der Waals surface area (Å²) in [5, 5.41) is 3.66. The second-order valence-electron chi connectivity index (χ2n) is 9.21. The Morgan fingerprint density at radius 3 is 2.75 bits per heavy atom. The van der Waals surface area contributed by atoms with E-state index in [1.165, 1.54) is 6.42 Å². The van der Waals surface area contributed by atoms with Crippen molar-refractivity contribution in [2.75, 3.05) is 0 Å². The molecule has 1 saturated carbocycles. The molecule has 1 amide bonds. The molecule has 6 nitrogen and oxygen atoms in total. The van der Waals surface area contributed by atoms with Crippen molar-refractivity contribution in [2.45, 2.75) is 53.0 Å². The van der Waals surface area contributed by atoms with Crippen LogP contribution in [0.25, 0.3) is 16.7 Å². The van der Waals surface area contributed by atoms with Gasteiger partial charge >= 0.3 is 0 Å². The number of aromatic nitrogens is 3. The number of carbonyl (C=O) groups is 1. The van der Waals surface area contributed by atoms with Gasteiger partial charge in [-0.3, -0.25) is 14.0 Å². The quantitative estimate of drug-likeness (QED) is 0.740. The van der Waals surface area contributed by atoms with Gasteiger partial charge in [0.05, 0.1) is 5.39 Å². The van der Waals surface area contributed by atoms with Gasteiger partial charge in [-0.15, -0.1) is 0 Å². The van der Waals surface area contributed by atoms with Gasteiger partial charge in [0.25, 0.3) is 11.5 Å². The van der Waals surface area contributed by atoms with E-state index >= 15 is 0 Å². The van der Waals surface area contributed by atoms with Crippen LogP contribution >= 0.6 is 0 Å². The molecule has 0 unspecified atom stereocenters. The number of amides is 1. The van der Waals surface area contributed by atoms with Gasteiger partial charge in [-0.1, -0.05) is 26.8 Å². The first-order valence-electron chi connectivity index (χ1n) is 9.94. The van der Waals surface area contributed by atoms with Crippen LogP contribution in [0.5, 0.6) is 0 Å². The van der Waals surface area contributed by atoms with Gasteiger partial charge in [-0.05, 0) is 55.2 Å². The summed E-state index contributed by atoms with van der Waals surface area (Å²) >= 11 is 0. The third kappa shape index (κ3) is 3.11. The molecule has 3 aromatic heterocycles. The van der Waals surface area contributed by atoms with E-state index in [9.17, 15) is 9.59 Å². The molecule has 3 aromatic rings. The number of carbonyl (C=O) groups excluding carboxylic acids is 1. The lowest BCUT2D eigenvalue weighted by Gasteiger charge is -2.39. The summed E-state index contributed by atoms with van der Waals surface area (Å²) in [7, 11) is 1.80. The molecule has 0 aromatic carbocycles. The smallest absolute Gasteiger partial charge is 0.268 e. The largest absolute Gasteiger partial charge is 0.348 e. The zero-order chi connectivity index (χ0) is 20.2. The van der Waals surface area contributed by atoms with Crippen molar-refractivity contribution in [3.05, 3.63) is 46.0 Å². The van der Waals surface area contributed by atoms with Crippen LogP contribution in [0.3, 0.4) is 0 Å². The normalized spacial score (nSPS) is 21.9. The number of nitrogens with one attached hydrogen (secondary N) is 1. The summed E-state index contributed by atoms with van der Waals surface area (Å²) in [5.74, 6) is 0.446. The summed E-state index contributed by atoms with van der Waals surface area (Å²) < 4.78 is 3.28. The Morgan fingerprint density at radius 1 is 1.29 bits per heavy atom. The zero-order valence-electron chi connectivity index (χ0n) is 17.2. The number of aryl methyl sites for hydroxylation is 2. The maximum atomic E-state index is 13.0. The average Bonchev–Trinajstić information content (AvgIpc) is 2.92. The highest BCUT2D eigenvalue weighted by molar-refractivity contribution is 5.98. The molecular formula is C22H28N4O2. The Kier molecular flexibility index (Phi) is 4.32. The second-order valence-corrected chi connectivity index (χ2v) is 9.21. The van der Waals surface area contributed by atoms with Crippen LogP contribution < -0.4 is 10.9 Å². The summed E-state index contributed by atoms with van der Waals surface area (Å²) in [4.78, 5) is 30.6. The number of pyridine rings is 1. The van der Waals surface area contributed by atoms with Gasteiger partial charge < -0.3 is 9.88 Å². The lowest BCUT2D eigenvalue weighted by Crippen LogP contribution is -2.43. The van der Waals surface area contributed by atoms with Crippen LogP contribution in [0, 0.1) is 18.3 Å². The fourth-order valence-electron chi connectivity index (χ4n) is 4.96. The van der Waals surface area contributed by atoms with Crippen LogP contribution in [0.2, 0.25) is 0 Å². The fourth-order valence-corrected chi connectivity index (χ4v) is 4.96. The molecule has 2 atom stereocenters. The van der Waals surface area contributed by atoms with Crippen LogP contribution in [-0.4, -0.2) is 25.9 Å². The van der Waals surface area contributed by atoms with Crippen molar-refractivity contribution in [2.24, 2.45) is 18.4 Å². The molecular weight excluding hydrogens is 352 g/mol. The van der Waals surface area contributed by atoms with Gasteiger partial charge in [0.15, 0.2) is 0 Å². The van der Waals surface area contributed by atoms with Crippen molar-refractivity contribution in [3.8, 4) is 0 Å². The second kappa shape index (κ2) is 6.47. The molecule has 0 spiro atoms. The molecule has 148 valence electrons. The molecule has 1 N–H and O–H groups in total. The van der Waals surface area contributed by atoms with Crippen molar-refractivity contribution >= 4 is 22.6 Å². The van der Waals surface area contributed by atoms with Crippen molar-refractivity contribution in [3.63, 3.8) is 0 Å². The predicted molar refractivity (Wildman–Crippen MR) is 111 cm³/mol. The lowest BCUT2D eigenvalue weighted by atomic mass is 9.70. The molecule has 0 saturated heterocycles. The van der Waals surface area contributed by atoms with E-state index < -0.39 is 0 Å². The van der Waals surface area contributed by atoms with Crippen LogP contribution in [0.15, 0.2) is 29.2 Å². The number of hydrogen-bond acceptors (Lipinski definition) is 3. The maximum absolute atomic E-state index is 13.0. The SMILES string of the molecule is Cc1cccn2c(=O)c3cc(C(=O)N[C@@H]4C[C@H](C)CC(C)(C)C4)n(C)c3nc12. The average molecular weight is 380 g/mol. The topological polar surface area (TPSA) is 68.4 Å². The first kappa shape index (κ1) is 18.7. The fraction of sp³-hybridized carbons (Fsp3) is 0.500. The van der Waals surface area contributed by atoms with E-state index in [2.05, 4.69) is 31.1 Å². The van der Waals surface area contributed by atoms with Crippen molar-refractivity contribution in [1.82, 2.24) is 19.3 Å². The standard InChI is InChI=1S/C22H28N4O2/c1-13-9-15(12-22(3,4)11-13)23-20(27)17-10-16-19(25(17)5)24-18-14(2)7-6-8-26(18)21(16)28/h6-8,10,13,15H,9,11-12H2,1-5H3,(H,23,27)/t13-,15+/m0/s1. The summed E-state index contributed by atoms with van der Waals surface area (Å²) in [6, 6.07) is 5.59. The number of rotatable bonds is 2. The van der Waals surface area contributed by atoms with E-state index in [4.69, 9.17) is 0 Å². The summed E-state index contributed by atoms with van der Waals surface area (Å²) in [6.45, 7) is 8.69. The Morgan fingerprint density at radius 2 is 2.04 bits per heavy atom. The Balaban J connectivity index is 1.73. The van der Waals surface area contributed by atoms with Crippen LogP contribution in [0.4, 0.5) is 0 Å². The van der Waals surface area contributed by atoms with Crippen LogP contribution in [-0.2, 0) is 7.05 Å². The number of nitrogens with zero attached hydrogens (tertiary/aromatic N) is 3. The monoisotopic (exact) mass is 380 g/mol. The highest BCUT2D eigenvalue weighted by Crippen LogP contribution is 2.38. The van der Waals surface area contributed by atoms with Crippen molar-refractivity contribution < 1.29 is 4.79 Å². The minimum atomic E-state index is -0.147. The highest BCUT2D eigenvalue weighted by atomic mass is 16.2. The molecule has 3 heterocycles. The Bertz CT molecular complexity index is 1140. The molecule has 0 aliphatic heterocycles. The first-order chi connectivity index (χ1) is 13.2. The summed E-state index contributed by atoms with van der Waals surface area (Å²) in [6.07, 6.45) is 4.86. The molecule has 1 aliphatic rings. The predicted octanol–water partition coefficient (Wildman–Crippen LogP) is 3.44. The molecule has 1 aliphatic carbocycles. The van der Waals surface area contributed by atoms with E-state index in [-0.39, 0.29) is 22.9 Å². The molecule has 1 fully saturated rings. The molecule has 28 heavy (non-hydrogen) atoms. The van der Waals surface area contributed by atoms with E-state index in [0.29, 0.717) is 28.3 Å². The molecule has 4 rings (SSSR count). The number of hydrogen-bond donors (Lipinski definition) is 1. The van der Waals surface area contributed by atoms with Gasteiger partial charge in [0.1, 0.15) is 17.0 Å². The van der Waals surface area contributed by atoms with Gasteiger partial charge in [0, 0.05) is 19.3 Å². The highest BCUT2D eigenvalue weighted by Gasteiger charge is 2.33. The molecule has 6 heteroatoms. The van der Waals surface area contributed by atoms with E-state index in [0.717, 1.165) is 18.4 Å². The van der Waals surface area contributed by atoms with Gasteiger partial charge in [-0.25, -0.2) is 4.98 Å². The molecule has 0 bridgehead atoms. The Hall–Kier alpha value is -2.63. The van der Waals surface area contributed by atoms with Gasteiger partial charge in [0.2, 0.25) is 0 Å². The third-order valence-corrected chi connectivity index (χ3v) is 5.98. The third-order valence-electron chi connectivity index (χ3n) is 5.98. The van der Waals surface area contributed by atoms with E-state index in [1.807, 2.05) is 19.1 Å². The lowest BCUT2D eigenvalue weighted by molar-refractivity contribution is 0.0866. The Labute approximate surface area is 164 Å².